The van der Waals surface area contributed by atoms with Gasteiger partial charge < -0.3 is 10.1 Å². The summed E-state index contributed by atoms with van der Waals surface area (Å²) in [5.41, 5.74) is 4.81. The fourth-order valence-electron chi connectivity index (χ4n) is 3.69. The molecule has 0 bridgehead atoms. The molecule has 1 aliphatic heterocycles. The predicted octanol–water partition coefficient (Wildman–Crippen LogP) is 3.21. The molecule has 0 radical (unpaired) electrons. The molecular formula is C21H18N2O3. The SMILES string of the molecule is CCOC(=O)C1=C(C)NC2=C(C(=O)c3ccccc32)[C@@H]1c1cccnc1. The van der Waals surface area contributed by atoms with Crippen molar-refractivity contribution in [3.05, 3.63) is 82.3 Å². The van der Waals surface area contributed by atoms with Gasteiger partial charge in [-0.15, -0.1) is 0 Å². The lowest BCUT2D eigenvalue weighted by atomic mass is 9.80. The van der Waals surface area contributed by atoms with E-state index in [4.69, 9.17) is 4.74 Å². The minimum absolute atomic E-state index is 0.0637. The third-order valence-corrected chi connectivity index (χ3v) is 4.76. The molecule has 2 aromatic rings. The van der Waals surface area contributed by atoms with Crippen LogP contribution in [0.4, 0.5) is 0 Å². The number of hydrogen-bond donors (Lipinski definition) is 1. The molecule has 1 N–H and O–H groups in total. The van der Waals surface area contributed by atoms with Crippen LogP contribution in [0.5, 0.6) is 0 Å². The number of pyridine rings is 1. The molecule has 4 rings (SSSR count). The van der Waals surface area contributed by atoms with Crippen LogP contribution in [0.1, 0.15) is 41.3 Å². The number of benzene rings is 1. The van der Waals surface area contributed by atoms with Gasteiger partial charge in [0.15, 0.2) is 5.78 Å². The molecule has 5 nitrogen and oxygen atoms in total. The highest BCUT2D eigenvalue weighted by Gasteiger charge is 2.42. The highest BCUT2D eigenvalue weighted by atomic mass is 16.5. The zero-order valence-electron chi connectivity index (χ0n) is 14.6. The number of carbonyl (C=O) groups excluding carboxylic acids is 2. The van der Waals surface area contributed by atoms with Crippen molar-refractivity contribution in [2.75, 3.05) is 6.61 Å². The number of ketones is 1. The fourth-order valence-corrected chi connectivity index (χ4v) is 3.69. The van der Waals surface area contributed by atoms with Crippen molar-refractivity contribution < 1.29 is 14.3 Å². The Kier molecular flexibility index (Phi) is 3.92. The minimum Gasteiger partial charge on any atom is -0.463 e. The van der Waals surface area contributed by atoms with Crippen LogP contribution in [0.25, 0.3) is 5.70 Å². The Bertz CT molecular complexity index is 974. The smallest absolute Gasteiger partial charge is 0.336 e. The van der Waals surface area contributed by atoms with Gasteiger partial charge in [-0.25, -0.2) is 4.79 Å². The van der Waals surface area contributed by atoms with E-state index in [-0.39, 0.29) is 12.4 Å². The number of carbonyl (C=O) groups is 2. The first-order valence-electron chi connectivity index (χ1n) is 8.56. The number of ether oxygens (including phenoxy) is 1. The van der Waals surface area contributed by atoms with Crippen molar-refractivity contribution in [1.82, 2.24) is 10.3 Å². The van der Waals surface area contributed by atoms with Crippen molar-refractivity contribution >= 4 is 17.4 Å². The van der Waals surface area contributed by atoms with Crippen molar-refractivity contribution in [3.8, 4) is 0 Å². The Hall–Kier alpha value is -3.21. The van der Waals surface area contributed by atoms with Crippen LogP contribution in [-0.4, -0.2) is 23.3 Å². The third kappa shape index (κ3) is 2.36. The number of nitrogens with zero attached hydrogens (tertiary/aromatic N) is 1. The van der Waals surface area contributed by atoms with E-state index in [1.54, 1.807) is 19.3 Å². The van der Waals surface area contributed by atoms with Gasteiger partial charge in [0.2, 0.25) is 0 Å². The van der Waals surface area contributed by atoms with Crippen LogP contribution < -0.4 is 5.32 Å². The molecular weight excluding hydrogens is 328 g/mol. The Balaban J connectivity index is 1.93. The van der Waals surface area contributed by atoms with E-state index in [2.05, 4.69) is 10.3 Å². The second kappa shape index (κ2) is 6.26. The monoisotopic (exact) mass is 346 g/mol. The summed E-state index contributed by atoms with van der Waals surface area (Å²) in [6.07, 6.45) is 3.37. The van der Waals surface area contributed by atoms with E-state index in [0.29, 0.717) is 22.4 Å². The average molecular weight is 346 g/mol. The van der Waals surface area contributed by atoms with E-state index in [0.717, 1.165) is 16.8 Å². The summed E-state index contributed by atoms with van der Waals surface area (Å²) >= 11 is 0. The van der Waals surface area contributed by atoms with Crippen LogP contribution in [0, 0.1) is 0 Å². The second-order valence-electron chi connectivity index (χ2n) is 6.27. The van der Waals surface area contributed by atoms with Gasteiger partial charge in [-0.1, -0.05) is 30.3 Å². The maximum Gasteiger partial charge on any atom is 0.336 e. The molecule has 1 aromatic carbocycles. The number of hydrogen-bond acceptors (Lipinski definition) is 5. The zero-order valence-corrected chi connectivity index (χ0v) is 14.6. The Morgan fingerprint density at radius 1 is 1.19 bits per heavy atom. The molecule has 26 heavy (non-hydrogen) atoms. The van der Waals surface area contributed by atoms with E-state index in [1.807, 2.05) is 43.3 Å². The van der Waals surface area contributed by atoms with E-state index in [1.165, 1.54) is 0 Å². The van der Waals surface area contributed by atoms with Crippen LogP contribution in [0.3, 0.4) is 0 Å². The molecule has 1 aromatic heterocycles. The summed E-state index contributed by atoms with van der Waals surface area (Å²) < 4.78 is 5.27. The van der Waals surface area contributed by atoms with Crippen LogP contribution in [0.2, 0.25) is 0 Å². The summed E-state index contributed by atoms with van der Waals surface area (Å²) in [5.74, 6) is -0.980. The largest absolute Gasteiger partial charge is 0.463 e. The Morgan fingerprint density at radius 2 is 1.96 bits per heavy atom. The lowest BCUT2D eigenvalue weighted by Gasteiger charge is -2.29. The summed E-state index contributed by atoms with van der Waals surface area (Å²) in [6, 6.07) is 11.2. The zero-order chi connectivity index (χ0) is 18.3. The second-order valence-corrected chi connectivity index (χ2v) is 6.27. The molecule has 0 fully saturated rings. The quantitative estimate of drug-likeness (QED) is 0.865. The minimum atomic E-state index is -0.501. The van der Waals surface area contributed by atoms with Gasteiger partial charge in [0.05, 0.1) is 23.8 Å². The summed E-state index contributed by atoms with van der Waals surface area (Å²) in [5, 5.41) is 3.27. The van der Waals surface area contributed by atoms with Gasteiger partial charge in [0, 0.05) is 34.8 Å². The Morgan fingerprint density at radius 3 is 2.65 bits per heavy atom. The van der Waals surface area contributed by atoms with Gasteiger partial charge in [-0.05, 0) is 25.5 Å². The molecule has 2 aliphatic rings. The van der Waals surface area contributed by atoms with Crippen molar-refractivity contribution in [3.63, 3.8) is 0 Å². The molecule has 0 amide bonds. The van der Waals surface area contributed by atoms with Crippen molar-refractivity contribution in [2.24, 2.45) is 0 Å². The molecule has 0 saturated carbocycles. The van der Waals surface area contributed by atoms with Gasteiger partial charge in [-0.3, -0.25) is 9.78 Å². The number of esters is 1. The van der Waals surface area contributed by atoms with Gasteiger partial charge >= 0.3 is 5.97 Å². The molecule has 1 aliphatic carbocycles. The van der Waals surface area contributed by atoms with Crippen LogP contribution in [0.15, 0.2) is 65.6 Å². The van der Waals surface area contributed by atoms with Crippen LogP contribution >= 0.6 is 0 Å². The van der Waals surface area contributed by atoms with Gasteiger partial charge in [-0.2, -0.15) is 0 Å². The lowest BCUT2D eigenvalue weighted by molar-refractivity contribution is -0.138. The topological polar surface area (TPSA) is 68.3 Å². The summed E-state index contributed by atoms with van der Waals surface area (Å²) in [4.78, 5) is 30.0. The summed E-state index contributed by atoms with van der Waals surface area (Å²) in [7, 11) is 0. The van der Waals surface area contributed by atoms with Crippen molar-refractivity contribution in [2.45, 2.75) is 19.8 Å². The summed E-state index contributed by atoms with van der Waals surface area (Å²) in [6.45, 7) is 3.88. The standard InChI is InChI=1S/C21H18N2O3/c1-3-26-21(25)16-12(2)23-19-14-8-4-5-9-15(14)20(24)18(19)17(16)13-7-6-10-22-11-13/h4-11,17,23H,3H2,1-2H3/t17-/m1/s1. The molecule has 0 spiro atoms. The predicted molar refractivity (Wildman–Crippen MR) is 97.1 cm³/mol. The number of dihydropyridines is 1. The Labute approximate surface area is 151 Å². The van der Waals surface area contributed by atoms with E-state index >= 15 is 0 Å². The number of Topliss-reactive ketones (excluding diaryl/α,β-unsaturated/α-hetero) is 1. The first kappa shape index (κ1) is 16.3. The number of allylic oxidation sites excluding steroid dienone is 2. The normalized spacial score (nSPS) is 18.4. The molecule has 1 atom stereocenters. The van der Waals surface area contributed by atoms with E-state index < -0.39 is 11.9 Å². The molecule has 0 unspecified atom stereocenters. The van der Waals surface area contributed by atoms with Crippen molar-refractivity contribution in [1.29, 1.82) is 0 Å². The highest BCUT2D eigenvalue weighted by Crippen LogP contribution is 2.46. The first-order chi connectivity index (χ1) is 12.6. The lowest BCUT2D eigenvalue weighted by Crippen LogP contribution is -2.29. The average Bonchev–Trinajstić information content (AvgIpc) is 2.94. The van der Waals surface area contributed by atoms with Gasteiger partial charge in [0.25, 0.3) is 0 Å². The van der Waals surface area contributed by atoms with E-state index in [9.17, 15) is 9.59 Å². The first-order valence-corrected chi connectivity index (χ1v) is 8.56. The fraction of sp³-hybridized carbons (Fsp3) is 0.190. The number of rotatable bonds is 3. The third-order valence-electron chi connectivity index (χ3n) is 4.76. The highest BCUT2D eigenvalue weighted by molar-refractivity contribution is 6.23. The molecule has 130 valence electrons. The van der Waals surface area contributed by atoms with Crippen LogP contribution in [-0.2, 0) is 9.53 Å². The maximum absolute atomic E-state index is 13.2. The van der Waals surface area contributed by atoms with Gasteiger partial charge in [0.1, 0.15) is 0 Å². The number of fused-ring (bicyclic) bond motifs is 2. The number of nitrogens with one attached hydrogen (secondary N) is 1. The maximum atomic E-state index is 13.2. The molecule has 5 heteroatoms. The number of aromatic nitrogens is 1. The molecule has 0 saturated heterocycles. The molecule has 2 heterocycles.